The molecule has 3 aliphatic heterocycles. The lowest BCUT2D eigenvalue weighted by molar-refractivity contribution is -0.143. The van der Waals surface area contributed by atoms with Crippen molar-refractivity contribution in [3.63, 3.8) is 0 Å². The highest BCUT2D eigenvalue weighted by molar-refractivity contribution is 8.02. The van der Waals surface area contributed by atoms with Gasteiger partial charge < -0.3 is 20.6 Å². The number of carbonyl (C=O) groups is 3. The topological polar surface area (TPSA) is 129 Å². The fourth-order valence-electron chi connectivity index (χ4n) is 7.26. The molecule has 2 aromatic carbocycles. The molecule has 1 spiro atoms. The van der Waals surface area contributed by atoms with Crippen molar-refractivity contribution in [3.05, 3.63) is 54.6 Å². The molecule has 2 bridgehead atoms. The van der Waals surface area contributed by atoms with Crippen LogP contribution in [0.4, 0.5) is 5.69 Å². The van der Waals surface area contributed by atoms with Crippen molar-refractivity contribution in [1.82, 2.24) is 25.2 Å². The number of thioether (sulfide) groups is 1. The van der Waals surface area contributed by atoms with Crippen LogP contribution >= 0.6 is 11.8 Å². The summed E-state index contributed by atoms with van der Waals surface area (Å²) in [6.07, 6.45) is 1.47. The Kier molecular flexibility index (Phi) is 7.27. The van der Waals surface area contributed by atoms with Gasteiger partial charge in [-0.25, -0.2) is 4.68 Å². The number of likely N-dealkylation sites (tertiary alicyclic amines) is 1. The summed E-state index contributed by atoms with van der Waals surface area (Å²) in [5, 5.41) is 24.9. The minimum absolute atomic E-state index is 0.0245. The number of para-hydroxylation sites is 2. The van der Waals surface area contributed by atoms with Crippen LogP contribution in [0.1, 0.15) is 33.6 Å². The van der Waals surface area contributed by atoms with Crippen molar-refractivity contribution in [2.75, 3.05) is 11.9 Å². The van der Waals surface area contributed by atoms with E-state index in [0.717, 1.165) is 23.9 Å². The second-order valence-electron chi connectivity index (χ2n) is 11.6. The number of aliphatic hydroxyl groups is 1. The van der Waals surface area contributed by atoms with Crippen LogP contribution in [0.25, 0.3) is 11.0 Å². The Balaban J connectivity index is 1.36. The fraction of sp³-hybridized carbons (Fsp3) is 0.500. The molecule has 1 aromatic heterocycles. The third-order valence-corrected chi connectivity index (χ3v) is 11.5. The molecular formula is C30H36N6O4S. The van der Waals surface area contributed by atoms with E-state index in [-0.39, 0.29) is 48.1 Å². The van der Waals surface area contributed by atoms with Crippen molar-refractivity contribution in [2.45, 2.75) is 62.4 Å². The van der Waals surface area contributed by atoms with Gasteiger partial charge in [0.1, 0.15) is 18.2 Å². The van der Waals surface area contributed by atoms with Gasteiger partial charge in [0.15, 0.2) is 0 Å². The second kappa shape index (κ2) is 10.8. The molecule has 41 heavy (non-hydrogen) atoms. The lowest BCUT2D eigenvalue weighted by atomic mass is 9.66. The molecule has 11 heteroatoms. The number of nitrogens with zero attached hydrogens (tertiary/aromatic N) is 4. The largest absolute Gasteiger partial charge is 0.394 e. The predicted molar refractivity (Wildman–Crippen MR) is 157 cm³/mol. The van der Waals surface area contributed by atoms with Crippen LogP contribution in [0.5, 0.6) is 0 Å². The van der Waals surface area contributed by atoms with Crippen molar-refractivity contribution in [3.8, 4) is 0 Å². The third kappa shape index (κ3) is 4.32. The standard InChI is InChI=1S/C30H36N6O4S/c1-4-17(2)22(15-37)36-26(28(39)31-16-35-21-13-9-8-12-20(21)33-34-35)30-18(3)14-23(41-30)24(25(30)29(36)40)27(38)32-19-10-6-5-7-11-19/h5-13,17-18,22-26,37H,4,14-16H2,1-3H3,(H,31,39)(H,32,38)/t17-,18?,22-,23+,24-,25-,26?,30?/m0/s1. The van der Waals surface area contributed by atoms with Crippen molar-refractivity contribution in [1.29, 1.82) is 0 Å². The maximum absolute atomic E-state index is 14.4. The van der Waals surface area contributed by atoms with E-state index in [9.17, 15) is 19.5 Å². The normalized spacial score (nSPS) is 29.9. The van der Waals surface area contributed by atoms with E-state index >= 15 is 0 Å². The molecule has 6 rings (SSSR count). The Morgan fingerprint density at radius 1 is 1.15 bits per heavy atom. The summed E-state index contributed by atoms with van der Waals surface area (Å²) in [6, 6.07) is 15.4. The minimum atomic E-state index is -0.833. The number of amides is 3. The maximum Gasteiger partial charge on any atom is 0.245 e. The Hall–Kier alpha value is -3.44. The summed E-state index contributed by atoms with van der Waals surface area (Å²) in [4.78, 5) is 44.1. The van der Waals surface area contributed by atoms with Gasteiger partial charge in [-0.2, -0.15) is 0 Å². The monoisotopic (exact) mass is 576 g/mol. The van der Waals surface area contributed by atoms with Gasteiger partial charge in [-0.05, 0) is 42.5 Å². The summed E-state index contributed by atoms with van der Waals surface area (Å²) in [6.45, 7) is 5.92. The minimum Gasteiger partial charge on any atom is -0.394 e. The summed E-state index contributed by atoms with van der Waals surface area (Å²) in [5.41, 5.74) is 2.19. The quantitative estimate of drug-likeness (QED) is 0.357. The van der Waals surface area contributed by atoms with Gasteiger partial charge in [0, 0.05) is 10.9 Å². The Morgan fingerprint density at radius 3 is 2.61 bits per heavy atom. The molecule has 216 valence electrons. The summed E-state index contributed by atoms with van der Waals surface area (Å²) in [7, 11) is 0. The van der Waals surface area contributed by atoms with E-state index in [4.69, 9.17) is 0 Å². The molecular weight excluding hydrogens is 540 g/mol. The van der Waals surface area contributed by atoms with Gasteiger partial charge in [0.05, 0.1) is 34.7 Å². The van der Waals surface area contributed by atoms with Crippen LogP contribution in [-0.2, 0) is 21.1 Å². The van der Waals surface area contributed by atoms with Crippen molar-refractivity contribution in [2.24, 2.45) is 23.7 Å². The number of carbonyl (C=O) groups excluding carboxylic acids is 3. The zero-order chi connectivity index (χ0) is 28.9. The van der Waals surface area contributed by atoms with E-state index in [1.165, 1.54) is 0 Å². The maximum atomic E-state index is 14.4. The van der Waals surface area contributed by atoms with Gasteiger partial charge >= 0.3 is 0 Å². The van der Waals surface area contributed by atoms with Gasteiger partial charge in [-0.1, -0.05) is 62.7 Å². The van der Waals surface area contributed by atoms with E-state index in [0.29, 0.717) is 5.69 Å². The summed E-state index contributed by atoms with van der Waals surface area (Å²) >= 11 is 1.62. The molecule has 0 radical (unpaired) electrons. The molecule has 3 aromatic rings. The number of benzene rings is 2. The van der Waals surface area contributed by atoms with Crippen molar-refractivity contribution >= 4 is 46.2 Å². The lowest BCUT2D eigenvalue weighted by Gasteiger charge is -2.41. The molecule has 3 aliphatic rings. The van der Waals surface area contributed by atoms with Gasteiger partial charge in [0.2, 0.25) is 17.7 Å². The number of nitrogens with one attached hydrogen (secondary N) is 2. The Morgan fingerprint density at radius 2 is 1.88 bits per heavy atom. The highest BCUT2D eigenvalue weighted by atomic mass is 32.2. The van der Waals surface area contributed by atoms with Gasteiger partial charge in [-0.15, -0.1) is 16.9 Å². The van der Waals surface area contributed by atoms with E-state index in [2.05, 4.69) is 27.9 Å². The van der Waals surface area contributed by atoms with Crippen LogP contribution in [0, 0.1) is 23.7 Å². The molecule has 3 N–H and O–H groups in total. The number of fused-ring (bicyclic) bond motifs is 2. The number of hydrogen-bond acceptors (Lipinski definition) is 7. The van der Waals surface area contributed by atoms with E-state index in [1.807, 2.05) is 68.4 Å². The highest BCUT2D eigenvalue weighted by Gasteiger charge is 2.76. The number of aromatic nitrogens is 3. The molecule has 0 aliphatic carbocycles. The lowest BCUT2D eigenvalue weighted by Crippen LogP contribution is -2.59. The molecule has 4 heterocycles. The predicted octanol–water partition coefficient (Wildman–Crippen LogP) is 2.89. The average Bonchev–Trinajstić information content (AvgIpc) is 3.70. The fourth-order valence-corrected chi connectivity index (χ4v) is 9.67. The van der Waals surface area contributed by atoms with Crippen molar-refractivity contribution < 1.29 is 19.5 Å². The number of aliphatic hydroxyl groups excluding tert-OH is 1. The average molecular weight is 577 g/mol. The first-order valence-electron chi connectivity index (χ1n) is 14.3. The van der Waals surface area contributed by atoms with Crippen LogP contribution in [0.3, 0.4) is 0 Å². The third-order valence-electron chi connectivity index (χ3n) is 9.44. The SMILES string of the molecule is CC[C@H](C)[C@H](CO)N1C(=O)[C@@H]2[C@@H](C(=O)Nc3ccccc3)[C@H]3CC(C)C2(S3)C1C(=O)NCn1nnc2ccccc21. The van der Waals surface area contributed by atoms with Gasteiger partial charge in [-0.3, -0.25) is 14.4 Å². The zero-order valence-corrected chi connectivity index (χ0v) is 24.3. The van der Waals surface area contributed by atoms with Crippen LogP contribution in [-0.4, -0.2) is 71.4 Å². The van der Waals surface area contributed by atoms with Crippen LogP contribution in [0.15, 0.2) is 54.6 Å². The first-order chi connectivity index (χ1) is 19.8. The molecule has 3 saturated heterocycles. The molecule has 8 atom stereocenters. The second-order valence-corrected chi connectivity index (χ2v) is 13.1. The van der Waals surface area contributed by atoms with Gasteiger partial charge in [0.25, 0.3) is 0 Å². The summed E-state index contributed by atoms with van der Waals surface area (Å²) in [5.74, 6) is -1.96. The number of rotatable bonds is 9. The molecule has 3 fully saturated rings. The Bertz CT molecular complexity index is 1470. The smallest absolute Gasteiger partial charge is 0.245 e. The molecule has 10 nitrogen and oxygen atoms in total. The molecule has 3 amide bonds. The number of hydrogen-bond donors (Lipinski definition) is 3. The first-order valence-corrected chi connectivity index (χ1v) is 15.2. The molecule has 3 unspecified atom stereocenters. The van der Waals surface area contributed by atoms with Crippen LogP contribution in [0.2, 0.25) is 0 Å². The highest BCUT2D eigenvalue weighted by Crippen LogP contribution is 2.69. The molecule has 0 saturated carbocycles. The number of anilines is 1. The summed E-state index contributed by atoms with van der Waals surface area (Å²) < 4.78 is 0.844. The van der Waals surface area contributed by atoms with E-state index in [1.54, 1.807) is 21.3 Å². The first kappa shape index (κ1) is 27.7. The van der Waals surface area contributed by atoms with E-state index < -0.39 is 28.7 Å². The van der Waals surface area contributed by atoms with Crippen LogP contribution < -0.4 is 10.6 Å². The zero-order valence-electron chi connectivity index (χ0n) is 23.4. The Labute approximate surface area is 243 Å².